The molecule has 1 fully saturated rings. The maximum atomic E-state index is 12.7. The number of hydrogen-bond donors (Lipinski definition) is 1. The van der Waals surface area contributed by atoms with E-state index in [1.807, 2.05) is 20.8 Å². The maximum Gasteiger partial charge on any atom is 0.267 e. The summed E-state index contributed by atoms with van der Waals surface area (Å²) < 4.78 is 0. The van der Waals surface area contributed by atoms with Crippen molar-refractivity contribution in [2.45, 2.75) is 20.8 Å². The van der Waals surface area contributed by atoms with Gasteiger partial charge in [-0.1, -0.05) is 23.5 Å². The largest absolute Gasteiger partial charge is 0.508 e. The number of phenolic OH excluding ortho intramolecular Hbond substituents is 1. The lowest BCUT2D eigenvalue weighted by molar-refractivity contribution is -0.122. The number of aryl methyl sites for hydroxylation is 1. The van der Waals surface area contributed by atoms with Crippen molar-refractivity contribution < 1.29 is 9.90 Å². The van der Waals surface area contributed by atoms with Crippen LogP contribution < -0.4 is 0 Å². The van der Waals surface area contributed by atoms with Crippen molar-refractivity contribution in [2.24, 2.45) is 4.99 Å². The molecule has 1 aromatic carbocycles. The van der Waals surface area contributed by atoms with Crippen LogP contribution in [0.1, 0.15) is 24.4 Å². The Morgan fingerprint density at radius 3 is 2.58 bits per heavy atom. The summed E-state index contributed by atoms with van der Waals surface area (Å²) in [6.45, 7) is 6.22. The molecule has 6 nitrogen and oxygen atoms in total. The van der Waals surface area contributed by atoms with E-state index in [1.165, 1.54) is 23.1 Å². The first-order valence-corrected chi connectivity index (χ1v) is 9.01. The van der Waals surface area contributed by atoms with Crippen molar-refractivity contribution in [3.8, 4) is 5.75 Å². The van der Waals surface area contributed by atoms with E-state index < -0.39 is 0 Å². The number of amides is 1. The van der Waals surface area contributed by atoms with E-state index in [0.29, 0.717) is 21.7 Å². The molecule has 124 valence electrons. The normalized spacial score (nSPS) is 18.5. The molecule has 1 N–H and O–H groups in total. The van der Waals surface area contributed by atoms with Gasteiger partial charge >= 0.3 is 0 Å². The zero-order chi connectivity index (χ0) is 17.3. The summed E-state index contributed by atoms with van der Waals surface area (Å²) in [5, 5.41) is 19.4. The lowest BCUT2D eigenvalue weighted by Gasteiger charge is -2.11. The number of aromatic nitrogens is 2. The molecule has 1 aliphatic heterocycles. The number of likely N-dealkylation sites (N-methyl/N-ethyl adjacent to an activating group) is 1. The number of allylic oxidation sites excluding steroid dienone is 1. The molecule has 0 spiro atoms. The Morgan fingerprint density at radius 2 is 2.00 bits per heavy atom. The first-order valence-electron chi connectivity index (χ1n) is 7.38. The van der Waals surface area contributed by atoms with Crippen LogP contribution in [0.2, 0.25) is 0 Å². The van der Waals surface area contributed by atoms with Crippen molar-refractivity contribution in [2.75, 3.05) is 6.54 Å². The lowest BCUT2D eigenvalue weighted by Crippen LogP contribution is -2.28. The number of phenols is 1. The van der Waals surface area contributed by atoms with Crippen molar-refractivity contribution >= 4 is 44.9 Å². The first kappa shape index (κ1) is 16.7. The number of carbonyl (C=O) groups is 1. The Balaban J connectivity index is 1.98. The van der Waals surface area contributed by atoms with E-state index in [1.54, 1.807) is 29.2 Å². The van der Waals surface area contributed by atoms with Gasteiger partial charge in [0.05, 0.1) is 4.91 Å². The van der Waals surface area contributed by atoms with Crippen LogP contribution in [0.5, 0.6) is 5.75 Å². The second-order valence-corrected chi connectivity index (χ2v) is 7.29. The molecule has 1 amide bonds. The Labute approximate surface area is 147 Å². The predicted molar refractivity (Wildman–Crippen MR) is 97.4 cm³/mol. The highest BCUT2D eigenvalue weighted by Crippen LogP contribution is 2.38. The quantitative estimate of drug-likeness (QED) is 0.847. The molecule has 0 bridgehead atoms. The van der Waals surface area contributed by atoms with Crippen LogP contribution in [0.25, 0.3) is 5.57 Å². The molecular formula is C16H16N4O2S2. The maximum absolute atomic E-state index is 12.7. The van der Waals surface area contributed by atoms with Gasteiger partial charge in [-0.05, 0) is 55.8 Å². The highest BCUT2D eigenvalue weighted by atomic mass is 32.2. The molecule has 0 aliphatic carbocycles. The molecule has 2 aromatic rings. The number of benzene rings is 1. The van der Waals surface area contributed by atoms with Gasteiger partial charge in [-0.25, -0.2) is 0 Å². The van der Waals surface area contributed by atoms with Gasteiger partial charge in [-0.2, -0.15) is 4.99 Å². The molecule has 2 heterocycles. The van der Waals surface area contributed by atoms with Crippen LogP contribution in [0.15, 0.2) is 34.2 Å². The van der Waals surface area contributed by atoms with Gasteiger partial charge in [-0.15, -0.1) is 10.2 Å². The summed E-state index contributed by atoms with van der Waals surface area (Å²) in [6, 6.07) is 6.82. The average molecular weight is 360 g/mol. The number of thioether (sulfide) groups is 1. The van der Waals surface area contributed by atoms with E-state index in [0.717, 1.165) is 16.1 Å². The summed E-state index contributed by atoms with van der Waals surface area (Å²) in [5.41, 5.74) is 1.76. The molecule has 1 aliphatic rings. The zero-order valence-electron chi connectivity index (χ0n) is 13.5. The number of carbonyl (C=O) groups excluding carboxylic acids is 1. The highest BCUT2D eigenvalue weighted by Gasteiger charge is 2.34. The van der Waals surface area contributed by atoms with Crippen molar-refractivity contribution in [3.63, 3.8) is 0 Å². The molecule has 1 saturated heterocycles. The summed E-state index contributed by atoms with van der Waals surface area (Å²) in [6.07, 6.45) is 0. The van der Waals surface area contributed by atoms with E-state index >= 15 is 0 Å². The number of hydrogen-bond acceptors (Lipinski definition) is 7. The van der Waals surface area contributed by atoms with Crippen molar-refractivity contribution in [1.29, 1.82) is 0 Å². The summed E-state index contributed by atoms with van der Waals surface area (Å²) in [4.78, 5) is 19.5. The Kier molecular flexibility index (Phi) is 4.68. The van der Waals surface area contributed by atoms with Gasteiger partial charge in [0, 0.05) is 6.54 Å². The fraction of sp³-hybridized carbons (Fsp3) is 0.250. The lowest BCUT2D eigenvalue weighted by atomic mass is 10.1. The summed E-state index contributed by atoms with van der Waals surface area (Å²) in [5.74, 6) is 0.138. The first-order chi connectivity index (χ1) is 11.5. The average Bonchev–Trinajstić information content (AvgIpc) is 3.11. The van der Waals surface area contributed by atoms with E-state index in [-0.39, 0.29) is 11.7 Å². The number of nitrogens with zero attached hydrogens (tertiary/aromatic N) is 4. The number of aliphatic imine (C=N–C) groups is 1. The molecule has 0 radical (unpaired) electrons. The van der Waals surface area contributed by atoms with Gasteiger partial charge in [0.1, 0.15) is 10.8 Å². The van der Waals surface area contributed by atoms with Crippen LogP contribution in [0, 0.1) is 6.92 Å². The van der Waals surface area contributed by atoms with Gasteiger partial charge in [0.15, 0.2) is 5.17 Å². The SMILES string of the molecule is CCN1C(=O)/C(=C(\C)c2ccc(O)cc2)S/C1=N/c1nnc(C)s1. The van der Waals surface area contributed by atoms with Gasteiger partial charge in [0.25, 0.3) is 5.91 Å². The third kappa shape index (κ3) is 3.20. The molecule has 0 saturated carbocycles. The molecule has 24 heavy (non-hydrogen) atoms. The smallest absolute Gasteiger partial charge is 0.267 e. The minimum atomic E-state index is -0.0620. The van der Waals surface area contributed by atoms with Crippen molar-refractivity contribution in [1.82, 2.24) is 15.1 Å². The molecular weight excluding hydrogens is 344 g/mol. The Bertz CT molecular complexity index is 840. The van der Waals surface area contributed by atoms with Crippen LogP contribution in [-0.2, 0) is 4.79 Å². The topological polar surface area (TPSA) is 78.7 Å². The Morgan fingerprint density at radius 1 is 1.29 bits per heavy atom. The molecule has 0 atom stereocenters. The predicted octanol–water partition coefficient (Wildman–Crippen LogP) is 3.57. The van der Waals surface area contributed by atoms with Gasteiger partial charge in [-0.3, -0.25) is 9.69 Å². The minimum absolute atomic E-state index is 0.0620. The van der Waals surface area contributed by atoms with Crippen LogP contribution >= 0.6 is 23.1 Å². The minimum Gasteiger partial charge on any atom is -0.508 e. The number of amidine groups is 1. The molecule has 1 aromatic heterocycles. The third-order valence-electron chi connectivity index (χ3n) is 3.53. The van der Waals surface area contributed by atoms with E-state index in [4.69, 9.17) is 0 Å². The fourth-order valence-electron chi connectivity index (χ4n) is 2.25. The molecule has 0 unspecified atom stereocenters. The van der Waals surface area contributed by atoms with Gasteiger partial charge < -0.3 is 5.11 Å². The number of rotatable bonds is 3. The summed E-state index contributed by atoms with van der Waals surface area (Å²) >= 11 is 2.74. The van der Waals surface area contributed by atoms with E-state index in [2.05, 4.69) is 15.2 Å². The molecule has 3 rings (SSSR count). The fourth-order valence-corrected chi connectivity index (χ4v) is 3.98. The van der Waals surface area contributed by atoms with Gasteiger partial charge in [0.2, 0.25) is 5.13 Å². The van der Waals surface area contributed by atoms with Crippen molar-refractivity contribution in [3.05, 3.63) is 39.7 Å². The van der Waals surface area contributed by atoms with Crippen LogP contribution in [-0.4, -0.2) is 37.8 Å². The standard InChI is InChI=1S/C16H16N4O2S2/c1-4-20-14(22)13(9(2)11-5-7-12(21)8-6-11)24-16(20)17-15-19-18-10(3)23-15/h5-8,21H,4H2,1-3H3/b13-9-,17-16+. The third-order valence-corrected chi connectivity index (χ3v) is 5.44. The number of aromatic hydroxyl groups is 1. The molecule has 8 heteroatoms. The monoisotopic (exact) mass is 360 g/mol. The summed E-state index contributed by atoms with van der Waals surface area (Å²) in [7, 11) is 0. The Hall–Kier alpha value is -2.19. The zero-order valence-corrected chi connectivity index (χ0v) is 15.1. The second-order valence-electron chi connectivity index (χ2n) is 5.15. The van der Waals surface area contributed by atoms with E-state index in [9.17, 15) is 9.90 Å². The second kappa shape index (κ2) is 6.74. The van der Waals surface area contributed by atoms with Crippen LogP contribution in [0.4, 0.5) is 5.13 Å². The highest BCUT2D eigenvalue weighted by molar-refractivity contribution is 8.18. The van der Waals surface area contributed by atoms with Crippen LogP contribution in [0.3, 0.4) is 0 Å².